The summed E-state index contributed by atoms with van der Waals surface area (Å²) < 4.78 is 53.0. The van der Waals surface area contributed by atoms with Crippen molar-refractivity contribution in [3.63, 3.8) is 0 Å². The number of carbonyl (C=O) groups excluding carboxylic acids is 3. The number of nitrogens with one attached hydrogen (secondary N) is 2. The molecule has 0 radical (unpaired) electrons. The standard InChI is InChI=1S/C23H19BrF4N6O3/c24-14-1-2-15(25)18-17(14)22(21(37)34(18)10-16(35)30-11-23(26,27)28)3-5-33(6-4-22)20(36)13-7-12-9-31-32-19(12)29-8-13/h1-2,7-9H,3-6,10-11H2,(H,30,35)(H,29,31,32). The van der Waals surface area contributed by atoms with Crippen molar-refractivity contribution in [1.29, 1.82) is 0 Å². The van der Waals surface area contributed by atoms with Crippen LogP contribution in [0.15, 0.2) is 35.1 Å². The minimum absolute atomic E-state index is 0.134. The average Bonchev–Trinajstić information content (AvgIpc) is 3.42. The number of rotatable bonds is 4. The first-order valence-corrected chi connectivity index (χ1v) is 12.0. The second kappa shape index (κ2) is 9.08. The van der Waals surface area contributed by atoms with E-state index in [1.54, 1.807) is 22.5 Å². The van der Waals surface area contributed by atoms with Crippen LogP contribution in [0.3, 0.4) is 0 Å². The van der Waals surface area contributed by atoms with Crippen molar-refractivity contribution in [1.82, 2.24) is 25.4 Å². The van der Waals surface area contributed by atoms with E-state index < -0.39 is 42.3 Å². The van der Waals surface area contributed by atoms with Crippen molar-refractivity contribution in [2.75, 3.05) is 31.1 Å². The van der Waals surface area contributed by atoms with Gasteiger partial charge in [-0.15, -0.1) is 0 Å². The quantitative estimate of drug-likeness (QED) is 0.459. The molecule has 0 bridgehead atoms. The summed E-state index contributed by atoms with van der Waals surface area (Å²) in [6.07, 6.45) is -1.39. The summed E-state index contributed by atoms with van der Waals surface area (Å²) in [5.74, 6) is -2.73. The highest BCUT2D eigenvalue weighted by Gasteiger charge is 2.55. The van der Waals surface area contributed by atoms with Crippen LogP contribution in [0.2, 0.25) is 0 Å². The number of H-pyrrole nitrogens is 1. The number of anilines is 1. The van der Waals surface area contributed by atoms with E-state index in [4.69, 9.17) is 0 Å². The SMILES string of the molecule is O=C(CN1C(=O)C2(CCN(C(=O)c3cnc4[nH]ncc4c3)CC2)c2c(Br)ccc(F)c21)NCC(F)(F)F. The number of fused-ring (bicyclic) bond motifs is 3. The van der Waals surface area contributed by atoms with E-state index in [-0.39, 0.29) is 37.5 Å². The van der Waals surface area contributed by atoms with Crippen molar-refractivity contribution in [2.24, 2.45) is 0 Å². The minimum Gasteiger partial charge on any atom is -0.345 e. The molecule has 2 aromatic heterocycles. The van der Waals surface area contributed by atoms with Crippen molar-refractivity contribution in [2.45, 2.75) is 24.4 Å². The number of aromatic nitrogens is 3. The molecule has 2 aliphatic heterocycles. The molecule has 4 heterocycles. The number of halogens is 5. The van der Waals surface area contributed by atoms with Crippen LogP contribution in [-0.2, 0) is 15.0 Å². The van der Waals surface area contributed by atoms with Gasteiger partial charge in [-0.2, -0.15) is 18.3 Å². The molecule has 3 amide bonds. The molecule has 194 valence electrons. The molecule has 5 rings (SSSR count). The van der Waals surface area contributed by atoms with Crippen LogP contribution < -0.4 is 10.2 Å². The molecular weight excluding hydrogens is 564 g/mol. The smallest absolute Gasteiger partial charge is 0.345 e. The van der Waals surface area contributed by atoms with Gasteiger partial charge in [0, 0.05) is 34.7 Å². The van der Waals surface area contributed by atoms with Gasteiger partial charge in [-0.05, 0) is 31.0 Å². The molecule has 1 fully saturated rings. The molecule has 0 unspecified atom stereocenters. The van der Waals surface area contributed by atoms with Gasteiger partial charge in [0.25, 0.3) is 5.91 Å². The molecular formula is C23H19BrF4N6O3. The van der Waals surface area contributed by atoms with Gasteiger partial charge in [0.2, 0.25) is 11.8 Å². The summed E-state index contributed by atoms with van der Waals surface area (Å²) in [5, 5.41) is 8.98. The van der Waals surface area contributed by atoms with Crippen molar-refractivity contribution >= 4 is 50.4 Å². The van der Waals surface area contributed by atoms with E-state index in [9.17, 15) is 31.9 Å². The Morgan fingerprint density at radius 1 is 1.19 bits per heavy atom. The van der Waals surface area contributed by atoms with Crippen LogP contribution in [0.25, 0.3) is 11.0 Å². The molecule has 3 aromatic rings. The third-order valence-electron chi connectivity index (χ3n) is 6.71. The van der Waals surface area contributed by atoms with Gasteiger partial charge in [0.05, 0.1) is 22.9 Å². The predicted molar refractivity (Wildman–Crippen MR) is 126 cm³/mol. The molecule has 2 aliphatic rings. The zero-order valence-electron chi connectivity index (χ0n) is 19.0. The molecule has 1 spiro atoms. The van der Waals surface area contributed by atoms with Gasteiger partial charge in [-0.3, -0.25) is 24.4 Å². The van der Waals surface area contributed by atoms with E-state index in [1.165, 1.54) is 12.3 Å². The lowest BCUT2D eigenvalue weighted by molar-refractivity contribution is -0.138. The van der Waals surface area contributed by atoms with E-state index in [2.05, 4.69) is 31.1 Å². The second-order valence-electron chi connectivity index (χ2n) is 8.94. The fraction of sp³-hybridized carbons (Fsp3) is 0.348. The number of piperidine rings is 1. The second-order valence-corrected chi connectivity index (χ2v) is 9.80. The number of amides is 3. The van der Waals surface area contributed by atoms with Crippen molar-refractivity contribution in [3.8, 4) is 0 Å². The lowest BCUT2D eigenvalue weighted by Gasteiger charge is -2.38. The van der Waals surface area contributed by atoms with Crippen molar-refractivity contribution in [3.05, 3.63) is 52.0 Å². The number of likely N-dealkylation sites (tertiary alicyclic amines) is 1. The number of carbonyl (C=O) groups is 3. The summed E-state index contributed by atoms with van der Waals surface area (Å²) in [4.78, 5) is 45.7. The molecule has 0 atom stereocenters. The Morgan fingerprint density at radius 3 is 2.62 bits per heavy atom. The summed E-state index contributed by atoms with van der Waals surface area (Å²) >= 11 is 3.38. The van der Waals surface area contributed by atoms with E-state index >= 15 is 0 Å². The van der Waals surface area contributed by atoms with Gasteiger partial charge in [-0.1, -0.05) is 15.9 Å². The number of hydrogen-bond acceptors (Lipinski definition) is 5. The van der Waals surface area contributed by atoms with Crippen LogP contribution in [0.4, 0.5) is 23.2 Å². The Morgan fingerprint density at radius 2 is 1.92 bits per heavy atom. The number of aromatic amines is 1. The largest absolute Gasteiger partial charge is 0.405 e. The Hall–Kier alpha value is -3.55. The maximum atomic E-state index is 15.0. The maximum Gasteiger partial charge on any atom is 0.405 e. The molecule has 0 saturated carbocycles. The Balaban J connectivity index is 1.39. The zero-order valence-corrected chi connectivity index (χ0v) is 20.6. The highest BCUT2D eigenvalue weighted by molar-refractivity contribution is 9.10. The molecule has 0 aliphatic carbocycles. The third-order valence-corrected chi connectivity index (χ3v) is 7.37. The molecule has 9 nitrogen and oxygen atoms in total. The van der Waals surface area contributed by atoms with Gasteiger partial charge in [0.15, 0.2) is 5.65 Å². The monoisotopic (exact) mass is 582 g/mol. The fourth-order valence-electron chi connectivity index (χ4n) is 4.97. The molecule has 1 aromatic carbocycles. The van der Waals surface area contributed by atoms with Crippen LogP contribution in [0, 0.1) is 5.82 Å². The first kappa shape index (κ1) is 25.1. The lowest BCUT2D eigenvalue weighted by atomic mass is 9.73. The number of nitrogens with zero attached hydrogens (tertiary/aromatic N) is 4. The first-order chi connectivity index (χ1) is 17.5. The van der Waals surface area contributed by atoms with Gasteiger partial charge < -0.3 is 10.2 Å². The van der Waals surface area contributed by atoms with Gasteiger partial charge >= 0.3 is 6.18 Å². The first-order valence-electron chi connectivity index (χ1n) is 11.2. The Labute approximate surface area is 215 Å². The lowest BCUT2D eigenvalue weighted by Crippen LogP contribution is -2.51. The average molecular weight is 583 g/mol. The Bertz CT molecular complexity index is 1420. The number of hydrogen-bond donors (Lipinski definition) is 2. The minimum atomic E-state index is -4.63. The summed E-state index contributed by atoms with van der Waals surface area (Å²) in [6.45, 7) is -2.02. The summed E-state index contributed by atoms with van der Waals surface area (Å²) in [7, 11) is 0. The van der Waals surface area contributed by atoms with Crippen LogP contribution >= 0.6 is 15.9 Å². The topological polar surface area (TPSA) is 111 Å². The summed E-state index contributed by atoms with van der Waals surface area (Å²) in [5.41, 5.74) is -0.179. The van der Waals surface area contributed by atoms with E-state index in [1.807, 2.05) is 0 Å². The van der Waals surface area contributed by atoms with Crippen LogP contribution in [0.5, 0.6) is 0 Å². The van der Waals surface area contributed by atoms with Crippen LogP contribution in [-0.4, -0.2) is 70.2 Å². The number of pyridine rings is 1. The highest BCUT2D eigenvalue weighted by Crippen LogP contribution is 2.52. The molecule has 1 saturated heterocycles. The highest BCUT2D eigenvalue weighted by atomic mass is 79.9. The van der Waals surface area contributed by atoms with Gasteiger partial charge in [-0.25, -0.2) is 9.37 Å². The predicted octanol–water partition coefficient (Wildman–Crippen LogP) is 3.06. The maximum absolute atomic E-state index is 15.0. The van der Waals surface area contributed by atoms with Crippen LogP contribution in [0.1, 0.15) is 28.8 Å². The van der Waals surface area contributed by atoms with Crippen molar-refractivity contribution < 1.29 is 31.9 Å². The number of alkyl halides is 3. The molecule has 37 heavy (non-hydrogen) atoms. The molecule has 2 N–H and O–H groups in total. The molecule has 14 heteroatoms. The normalized spacial score (nSPS) is 16.9. The summed E-state index contributed by atoms with van der Waals surface area (Å²) in [6, 6.07) is 4.22. The third kappa shape index (κ3) is 4.43. The fourth-order valence-corrected chi connectivity index (χ4v) is 5.67. The van der Waals surface area contributed by atoms with Gasteiger partial charge in [0.1, 0.15) is 18.9 Å². The number of benzene rings is 1. The Kier molecular flexibility index (Phi) is 6.16. The zero-order chi connectivity index (χ0) is 26.5. The van der Waals surface area contributed by atoms with E-state index in [0.29, 0.717) is 26.6 Å². The van der Waals surface area contributed by atoms with E-state index in [0.717, 1.165) is 11.0 Å².